The van der Waals surface area contributed by atoms with E-state index < -0.39 is 17.7 Å². The largest absolute Gasteiger partial charge is 0.393 e. The van der Waals surface area contributed by atoms with E-state index in [4.69, 9.17) is 0 Å². The van der Waals surface area contributed by atoms with Crippen molar-refractivity contribution >= 4 is 6.03 Å². The number of urea groups is 1. The lowest BCUT2D eigenvalue weighted by molar-refractivity contribution is 0.0563. The van der Waals surface area contributed by atoms with E-state index in [9.17, 15) is 18.7 Å². The molecule has 1 saturated carbocycles. The first-order valence-corrected chi connectivity index (χ1v) is 8.03. The van der Waals surface area contributed by atoms with Crippen molar-refractivity contribution in [3.05, 3.63) is 35.4 Å². The van der Waals surface area contributed by atoms with Gasteiger partial charge in [0.1, 0.15) is 0 Å². The Morgan fingerprint density at radius 1 is 1.39 bits per heavy atom. The SMILES string of the molecule is C[C@H](NC(=O)N(C)C[C@H]1CCCC[C@H]1O)c1cccc(F)c1F. The minimum atomic E-state index is -0.939. The molecule has 1 aromatic carbocycles. The van der Waals surface area contributed by atoms with E-state index in [1.54, 1.807) is 14.0 Å². The van der Waals surface area contributed by atoms with Gasteiger partial charge in [0.15, 0.2) is 11.6 Å². The third-order valence-electron chi connectivity index (χ3n) is 4.51. The predicted molar refractivity (Wildman–Crippen MR) is 83.9 cm³/mol. The lowest BCUT2D eigenvalue weighted by Gasteiger charge is -2.31. The molecule has 0 heterocycles. The molecular weight excluding hydrogens is 302 g/mol. The summed E-state index contributed by atoms with van der Waals surface area (Å²) in [7, 11) is 1.64. The van der Waals surface area contributed by atoms with E-state index in [1.165, 1.54) is 17.0 Å². The summed E-state index contributed by atoms with van der Waals surface area (Å²) in [5, 5.41) is 12.6. The van der Waals surface area contributed by atoms with Gasteiger partial charge >= 0.3 is 6.03 Å². The van der Waals surface area contributed by atoms with Crippen LogP contribution >= 0.6 is 0 Å². The molecule has 0 bridgehead atoms. The number of nitrogens with one attached hydrogen (secondary N) is 1. The first-order chi connectivity index (χ1) is 10.9. The van der Waals surface area contributed by atoms with Gasteiger partial charge in [0, 0.05) is 25.1 Å². The molecule has 3 atom stereocenters. The van der Waals surface area contributed by atoms with Crippen molar-refractivity contribution in [1.82, 2.24) is 10.2 Å². The van der Waals surface area contributed by atoms with Gasteiger partial charge in [0.05, 0.1) is 12.1 Å². The summed E-state index contributed by atoms with van der Waals surface area (Å²) in [6, 6.07) is 2.91. The Morgan fingerprint density at radius 3 is 2.78 bits per heavy atom. The Kier molecular flexibility index (Phi) is 5.93. The van der Waals surface area contributed by atoms with Crippen molar-refractivity contribution in [1.29, 1.82) is 0 Å². The average Bonchev–Trinajstić information content (AvgIpc) is 2.52. The molecule has 0 unspecified atom stereocenters. The third-order valence-corrected chi connectivity index (χ3v) is 4.51. The second kappa shape index (κ2) is 7.73. The first kappa shape index (κ1) is 17.7. The van der Waals surface area contributed by atoms with Crippen LogP contribution in [0.2, 0.25) is 0 Å². The molecule has 2 rings (SSSR count). The van der Waals surface area contributed by atoms with Crippen molar-refractivity contribution < 1.29 is 18.7 Å². The molecule has 2 amide bonds. The van der Waals surface area contributed by atoms with E-state index in [0.29, 0.717) is 6.54 Å². The highest BCUT2D eigenvalue weighted by atomic mass is 19.2. The average molecular weight is 326 g/mol. The maximum absolute atomic E-state index is 13.8. The highest BCUT2D eigenvalue weighted by Gasteiger charge is 2.26. The molecule has 0 radical (unpaired) electrons. The Bertz CT molecular complexity index is 553. The van der Waals surface area contributed by atoms with Crippen LogP contribution in [0.5, 0.6) is 0 Å². The number of nitrogens with zero attached hydrogens (tertiary/aromatic N) is 1. The first-order valence-electron chi connectivity index (χ1n) is 8.03. The monoisotopic (exact) mass is 326 g/mol. The number of aliphatic hydroxyl groups is 1. The third kappa shape index (κ3) is 4.41. The van der Waals surface area contributed by atoms with Crippen LogP contribution in [0, 0.1) is 17.6 Å². The van der Waals surface area contributed by atoms with Crippen LogP contribution in [-0.2, 0) is 0 Å². The second-order valence-corrected chi connectivity index (χ2v) is 6.31. The fourth-order valence-electron chi connectivity index (χ4n) is 3.06. The molecular formula is C17H24F2N2O2. The lowest BCUT2D eigenvalue weighted by atomic mass is 9.86. The highest BCUT2D eigenvalue weighted by Crippen LogP contribution is 2.25. The number of rotatable bonds is 4. The number of hydrogen-bond donors (Lipinski definition) is 2. The van der Waals surface area contributed by atoms with Gasteiger partial charge < -0.3 is 15.3 Å². The normalized spacial score (nSPS) is 22.5. The maximum Gasteiger partial charge on any atom is 0.317 e. The minimum absolute atomic E-state index is 0.0701. The number of hydrogen-bond acceptors (Lipinski definition) is 2. The van der Waals surface area contributed by atoms with Gasteiger partial charge in [-0.25, -0.2) is 13.6 Å². The van der Waals surface area contributed by atoms with E-state index in [-0.39, 0.29) is 23.6 Å². The minimum Gasteiger partial charge on any atom is -0.393 e. The maximum atomic E-state index is 13.8. The smallest absolute Gasteiger partial charge is 0.317 e. The number of carbonyl (C=O) groups is 1. The summed E-state index contributed by atoms with van der Waals surface area (Å²) >= 11 is 0. The van der Waals surface area contributed by atoms with Crippen molar-refractivity contribution in [3.63, 3.8) is 0 Å². The second-order valence-electron chi connectivity index (χ2n) is 6.31. The number of benzene rings is 1. The zero-order chi connectivity index (χ0) is 17.0. The molecule has 0 spiro atoms. The Labute approximate surface area is 135 Å². The van der Waals surface area contributed by atoms with E-state index in [1.807, 2.05) is 0 Å². The number of amides is 2. The highest BCUT2D eigenvalue weighted by molar-refractivity contribution is 5.74. The number of halogens is 2. The van der Waals surface area contributed by atoms with Gasteiger partial charge in [-0.1, -0.05) is 25.0 Å². The van der Waals surface area contributed by atoms with Crippen molar-refractivity contribution in [2.24, 2.45) is 5.92 Å². The lowest BCUT2D eigenvalue weighted by Crippen LogP contribution is -2.43. The van der Waals surface area contributed by atoms with E-state index in [0.717, 1.165) is 31.7 Å². The molecule has 23 heavy (non-hydrogen) atoms. The van der Waals surface area contributed by atoms with E-state index in [2.05, 4.69) is 5.32 Å². The van der Waals surface area contributed by atoms with E-state index >= 15 is 0 Å². The summed E-state index contributed by atoms with van der Waals surface area (Å²) in [5.41, 5.74) is 0.115. The summed E-state index contributed by atoms with van der Waals surface area (Å²) in [5.74, 6) is -1.80. The van der Waals surface area contributed by atoms with Crippen molar-refractivity contribution in [2.75, 3.05) is 13.6 Å². The van der Waals surface area contributed by atoms with Crippen LogP contribution in [0.3, 0.4) is 0 Å². The van der Waals surface area contributed by atoms with Gasteiger partial charge in [-0.15, -0.1) is 0 Å². The van der Waals surface area contributed by atoms with Crippen LogP contribution in [0.4, 0.5) is 13.6 Å². The fourth-order valence-corrected chi connectivity index (χ4v) is 3.06. The molecule has 1 aliphatic carbocycles. The predicted octanol–water partition coefficient (Wildman–Crippen LogP) is 3.22. The van der Waals surface area contributed by atoms with Gasteiger partial charge in [-0.05, 0) is 25.8 Å². The van der Waals surface area contributed by atoms with Gasteiger partial charge in [-0.3, -0.25) is 0 Å². The molecule has 0 saturated heterocycles. The van der Waals surface area contributed by atoms with Crippen LogP contribution in [-0.4, -0.2) is 35.7 Å². The molecule has 4 nitrogen and oxygen atoms in total. The van der Waals surface area contributed by atoms with Crippen LogP contribution < -0.4 is 5.32 Å². The summed E-state index contributed by atoms with van der Waals surface area (Å²) in [4.78, 5) is 13.7. The Morgan fingerprint density at radius 2 is 2.09 bits per heavy atom. The molecule has 2 N–H and O–H groups in total. The Balaban J connectivity index is 1.93. The van der Waals surface area contributed by atoms with Gasteiger partial charge in [0.25, 0.3) is 0 Å². The topological polar surface area (TPSA) is 52.6 Å². The molecule has 0 aromatic heterocycles. The molecule has 6 heteroatoms. The summed E-state index contributed by atoms with van der Waals surface area (Å²) in [6.45, 7) is 2.06. The molecule has 1 fully saturated rings. The molecule has 128 valence electrons. The fraction of sp³-hybridized carbons (Fsp3) is 0.588. The zero-order valence-corrected chi connectivity index (χ0v) is 13.6. The quantitative estimate of drug-likeness (QED) is 0.892. The van der Waals surface area contributed by atoms with Crippen LogP contribution in [0.15, 0.2) is 18.2 Å². The standard InChI is InChI=1S/C17H24F2N2O2/c1-11(13-7-5-8-14(18)16(13)19)20-17(23)21(2)10-12-6-3-4-9-15(12)22/h5,7-8,11-12,15,22H,3-4,6,9-10H2,1-2H3,(H,20,23)/t11-,12+,15+/m0/s1. The summed E-state index contributed by atoms with van der Waals surface area (Å²) in [6.07, 6.45) is 3.36. The Hall–Kier alpha value is -1.69. The van der Waals surface area contributed by atoms with Gasteiger partial charge in [-0.2, -0.15) is 0 Å². The van der Waals surface area contributed by atoms with Gasteiger partial charge in [0.2, 0.25) is 0 Å². The molecule has 0 aliphatic heterocycles. The number of aliphatic hydroxyl groups excluding tert-OH is 1. The number of carbonyl (C=O) groups excluding carboxylic acids is 1. The van der Waals surface area contributed by atoms with Crippen LogP contribution in [0.25, 0.3) is 0 Å². The molecule has 1 aromatic rings. The molecule has 1 aliphatic rings. The van der Waals surface area contributed by atoms with Crippen molar-refractivity contribution in [3.8, 4) is 0 Å². The zero-order valence-electron chi connectivity index (χ0n) is 13.6. The van der Waals surface area contributed by atoms with Crippen molar-refractivity contribution in [2.45, 2.75) is 44.8 Å². The summed E-state index contributed by atoms with van der Waals surface area (Å²) < 4.78 is 27.0. The van der Waals surface area contributed by atoms with Crippen LogP contribution in [0.1, 0.15) is 44.2 Å².